The molecule has 84 valence electrons. The first kappa shape index (κ1) is 12.7. The Morgan fingerprint density at radius 2 is 1.93 bits per heavy atom. The van der Waals surface area contributed by atoms with E-state index in [0.717, 1.165) is 30.2 Å². The van der Waals surface area contributed by atoms with Crippen molar-refractivity contribution in [3.63, 3.8) is 0 Å². The van der Waals surface area contributed by atoms with Gasteiger partial charge in [0.25, 0.3) is 0 Å². The second-order valence-corrected chi connectivity index (χ2v) is 4.71. The summed E-state index contributed by atoms with van der Waals surface area (Å²) >= 11 is 3.58. The highest BCUT2D eigenvalue weighted by Gasteiger charge is 2.25. The molecule has 0 saturated carbocycles. The molecule has 0 nitrogen and oxygen atoms in total. The molecule has 1 aromatic rings. The summed E-state index contributed by atoms with van der Waals surface area (Å²) in [5.41, 5.74) is 1.37. The molecule has 0 aromatic heterocycles. The Kier molecular flexibility index (Phi) is 4.78. The predicted octanol–water partition coefficient (Wildman–Crippen LogP) is 4.57. The van der Waals surface area contributed by atoms with Crippen molar-refractivity contribution >= 4 is 15.9 Å². The SMILES string of the molecule is CCC(CC)(CBr)Cc1cccc(F)c1. The molecule has 0 bridgehead atoms. The average Bonchev–Trinajstić information content (AvgIpc) is 2.26. The minimum atomic E-state index is -0.136. The Morgan fingerprint density at radius 1 is 1.27 bits per heavy atom. The number of hydrogen-bond acceptors (Lipinski definition) is 0. The fraction of sp³-hybridized carbons (Fsp3) is 0.538. The third-order valence-electron chi connectivity index (χ3n) is 3.25. The summed E-state index contributed by atoms with van der Waals surface area (Å²) in [6, 6.07) is 6.93. The van der Waals surface area contributed by atoms with Crippen LogP contribution in [0.2, 0.25) is 0 Å². The Balaban J connectivity index is 2.82. The summed E-state index contributed by atoms with van der Waals surface area (Å²) in [7, 11) is 0. The summed E-state index contributed by atoms with van der Waals surface area (Å²) in [5.74, 6) is -0.136. The van der Waals surface area contributed by atoms with Crippen LogP contribution in [0.25, 0.3) is 0 Å². The molecule has 0 fully saturated rings. The molecule has 1 aromatic carbocycles. The van der Waals surface area contributed by atoms with Gasteiger partial charge in [0, 0.05) is 5.33 Å². The van der Waals surface area contributed by atoms with Crippen molar-refractivity contribution in [1.29, 1.82) is 0 Å². The molecule has 0 atom stereocenters. The van der Waals surface area contributed by atoms with Crippen molar-refractivity contribution in [2.45, 2.75) is 33.1 Å². The molecule has 0 aliphatic heterocycles. The van der Waals surface area contributed by atoms with E-state index in [1.165, 1.54) is 6.07 Å². The van der Waals surface area contributed by atoms with E-state index >= 15 is 0 Å². The molecule has 0 heterocycles. The molecule has 1 rings (SSSR count). The maximum absolute atomic E-state index is 13.0. The number of rotatable bonds is 5. The quantitative estimate of drug-likeness (QED) is 0.689. The van der Waals surface area contributed by atoms with Crippen LogP contribution < -0.4 is 0 Å². The molecular formula is C13H18BrF. The molecular weight excluding hydrogens is 255 g/mol. The van der Waals surface area contributed by atoms with Crippen LogP contribution in [-0.2, 0) is 6.42 Å². The van der Waals surface area contributed by atoms with Gasteiger partial charge in [-0.3, -0.25) is 0 Å². The third-order valence-corrected chi connectivity index (χ3v) is 4.44. The summed E-state index contributed by atoms with van der Waals surface area (Å²) < 4.78 is 13.0. The van der Waals surface area contributed by atoms with Crippen molar-refractivity contribution in [3.8, 4) is 0 Å². The summed E-state index contributed by atoms with van der Waals surface area (Å²) in [4.78, 5) is 0. The molecule has 0 spiro atoms. The van der Waals surface area contributed by atoms with Gasteiger partial charge in [-0.2, -0.15) is 0 Å². The van der Waals surface area contributed by atoms with E-state index < -0.39 is 0 Å². The first-order valence-electron chi connectivity index (χ1n) is 5.46. The third kappa shape index (κ3) is 3.30. The lowest BCUT2D eigenvalue weighted by molar-refractivity contribution is 0.306. The molecule has 0 aliphatic rings. The van der Waals surface area contributed by atoms with Gasteiger partial charge in [0.15, 0.2) is 0 Å². The van der Waals surface area contributed by atoms with Gasteiger partial charge in [0.05, 0.1) is 0 Å². The Morgan fingerprint density at radius 3 is 2.40 bits per heavy atom. The zero-order valence-electron chi connectivity index (χ0n) is 9.39. The fourth-order valence-corrected chi connectivity index (χ4v) is 2.81. The summed E-state index contributed by atoms with van der Waals surface area (Å²) in [6.45, 7) is 4.40. The van der Waals surface area contributed by atoms with Crippen LogP contribution >= 0.6 is 15.9 Å². The van der Waals surface area contributed by atoms with Crippen LogP contribution in [0, 0.1) is 11.2 Å². The van der Waals surface area contributed by atoms with Crippen LogP contribution in [0.4, 0.5) is 4.39 Å². The first-order valence-corrected chi connectivity index (χ1v) is 6.58. The van der Waals surface area contributed by atoms with Gasteiger partial charge >= 0.3 is 0 Å². The van der Waals surface area contributed by atoms with Gasteiger partial charge in [-0.1, -0.05) is 41.9 Å². The van der Waals surface area contributed by atoms with E-state index in [2.05, 4.69) is 29.8 Å². The second kappa shape index (κ2) is 5.64. The van der Waals surface area contributed by atoms with Crippen LogP contribution in [0.3, 0.4) is 0 Å². The minimum absolute atomic E-state index is 0.136. The molecule has 2 heteroatoms. The van der Waals surface area contributed by atoms with Crippen LogP contribution in [0.1, 0.15) is 32.3 Å². The maximum atomic E-state index is 13.0. The highest BCUT2D eigenvalue weighted by atomic mass is 79.9. The predicted molar refractivity (Wildman–Crippen MR) is 66.9 cm³/mol. The molecule has 0 radical (unpaired) electrons. The standard InChI is InChI=1S/C13H18BrF/c1-3-13(4-2,10-14)9-11-6-5-7-12(15)8-11/h5-8H,3-4,9-10H2,1-2H3. The highest BCUT2D eigenvalue weighted by Crippen LogP contribution is 2.33. The Bertz CT molecular complexity index is 297. The summed E-state index contributed by atoms with van der Waals surface area (Å²) in [5, 5.41) is 0.976. The molecule has 0 amide bonds. The van der Waals surface area contributed by atoms with Crippen molar-refractivity contribution in [2.24, 2.45) is 5.41 Å². The van der Waals surface area contributed by atoms with Crippen molar-refractivity contribution in [3.05, 3.63) is 35.6 Å². The smallest absolute Gasteiger partial charge is 0.123 e. The molecule has 0 aliphatic carbocycles. The molecule has 0 unspecified atom stereocenters. The lowest BCUT2D eigenvalue weighted by atomic mass is 9.79. The molecule has 0 N–H and O–H groups in total. The van der Waals surface area contributed by atoms with Crippen molar-refractivity contribution < 1.29 is 4.39 Å². The Hall–Kier alpha value is -0.370. The summed E-state index contributed by atoms with van der Waals surface area (Å²) in [6.07, 6.45) is 3.18. The largest absolute Gasteiger partial charge is 0.207 e. The number of alkyl halides is 1. The normalized spacial score (nSPS) is 11.7. The zero-order valence-corrected chi connectivity index (χ0v) is 11.0. The van der Waals surface area contributed by atoms with Gasteiger partial charge in [0.1, 0.15) is 5.82 Å². The molecule has 15 heavy (non-hydrogen) atoms. The van der Waals surface area contributed by atoms with E-state index in [9.17, 15) is 4.39 Å². The minimum Gasteiger partial charge on any atom is -0.207 e. The van der Waals surface area contributed by atoms with E-state index in [0.29, 0.717) is 0 Å². The lowest BCUT2D eigenvalue weighted by Crippen LogP contribution is -2.23. The van der Waals surface area contributed by atoms with Gasteiger partial charge in [-0.05, 0) is 42.4 Å². The van der Waals surface area contributed by atoms with Crippen LogP contribution in [0.15, 0.2) is 24.3 Å². The van der Waals surface area contributed by atoms with Crippen molar-refractivity contribution in [1.82, 2.24) is 0 Å². The van der Waals surface area contributed by atoms with E-state index in [4.69, 9.17) is 0 Å². The van der Waals surface area contributed by atoms with Gasteiger partial charge < -0.3 is 0 Å². The topological polar surface area (TPSA) is 0 Å². The van der Waals surface area contributed by atoms with E-state index in [1.54, 1.807) is 12.1 Å². The van der Waals surface area contributed by atoms with Crippen molar-refractivity contribution in [2.75, 3.05) is 5.33 Å². The lowest BCUT2D eigenvalue weighted by Gasteiger charge is -2.29. The Labute approximate surface area is 100 Å². The van der Waals surface area contributed by atoms with Gasteiger partial charge in [-0.25, -0.2) is 4.39 Å². The second-order valence-electron chi connectivity index (χ2n) is 4.15. The fourth-order valence-electron chi connectivity index (χ4n) is 1.82. The van der Waals surface area contributed by atoms with E-state index in [1.807, 2.05) is 6.07 Å². The monoisotopic (exact) mass is 272 g/mol. The number of benzene rings is 1. The average molecular weight is 273 g/mol. The van der Waals surface area contributed by atoms with Gasteiger partial charge in [-0.15, -0.1) is 0 Å². The van der Waals surface area contributed by atoms with E-state index in [-0.39, 0.29) is 11.2 Å². The van der Waals surface area contributed by atoms with Crippen LogP contribution in [-0.4, -0.2) is 5.33 Å². The van der Waals surface area contributed by atoms with Gasteiger partial charge in [0.2, 0.25) is 0 Å². The zero-order chi connectivity index (χ0) is 11.3. The number of hydrogen-bond donors (Lipinski definition) is 0. The maximum Gasteiger partial charge on any atom is 0.123 e. The van der Waals surface area contributed by atoms with Crippen LogP contribution in [0.5, 0.6) is 0 Å². The molecule has 0 saturated heterocycles. The first-order chi connectivity index (χ1) is 7.15. The number of halogens is 2. The highest BCUT2D eigenvalue weighted by molar-refractivity contribution is 9.09.